The van der Waals surface area contributed by atoms with E-state index in [4.69, 9.17) is 16.9 Å². The smallest absolute Gasteiger partial charge is 0.268 e. The molecule has 1 aromatic carbocycles. The van der Waals surface area contributed by atoms with E-state index in [0.717, 1.165) is 10.5 Å². The molecule has 2 heterocycles. The molecule has 0 bridgehead atoms. The van der Waals surface area contributed by atoms with Gasteiger partial charge in [0.05, 0.1) is 19.2 Å². The fourth-order valence-electron chi connectivity index (χ4n) is 3.44. The zero-order valence-electron chi connectivity index (χ0n) is 16.1. The van der Waals surface area contributed by atoms with E-state index in [9.17, 15) is 18.4 Å². The van der Waals surface area contributed by atoms with Gasteiger partial charge in [-0.1, -0.05) is 30.7 Å². The number of halogens is 3. The van der Waals surface area contributed by atoms with E-state index in [0.29, 0.717) is 16.1 Å². The molecule has 2 unspecified atom stereocenters. The maximum atomic E-state index is 13.5. The number of hydrogen-bond acceptors (Lipinski definition) is 4. The van der Waals surface area contributed by atoms with E-state index in [1.807, 2.05) is 19.1 Å². The van der Waals surface area contributed by atoms with Gasteiger partial charge >= 0.3 is 0 Å². The van der Waals surface area contributed by atoms with E-state index in [2.05, 4.69) is 10.3 Å². The van der Waals surface area contributed by atoms with Crippen LogP contribution in [0.1, 0.15) is 40.7 Å². The highest BCUT2D eigenvalue weighted by Crippen LogP contribution is 2.31. The number of rotatable bonds is 5. The summed E-state index contributed by atoms with van der Waals surface area (Å²) in [6.07, 6.45) is 2.33. The van der Waals surface area contributed by atoms with Crippen molar-refractivity contribution in [2.45, 2.75) is 31.2 Å². The van der Waals surface area contributed by atoms with Crippen LogP contribution in [0, 0.1) is 11.3 Å². The fourth-order valence-corrected chi connectivity index (χ4v) is 3.56. The summed E-state index contributed by atoms with van der Waals surface area (Å²) in [6, 6.07) is 9.23. The van der Waals surface area contributed by atoms with Gasteiger partial charge in [0.2, 0.25) is 5.91 Å². The molecule has 1 saturated heterocycles. The number of hydrogen-bond donors (Lipinski definition) is 1. The Morgan fingerprint density at radius 1 is 1.37 bits per heavy atom. The van der Waals surface area contributed by atoms with Crippen LogP contribution in [0.15, 0.2) is 42.7 Å². The van der Waals surface area contributed by atoms with Crippen molar-refractivity contribution in [3.63, 3.8) is 0 Å². The number of carbonyl (C=O) groups excluding carboxylic acids is 2. The Morgan fingerprint density at radius 3 is 2.73 bits per heavy atom. The maximum absolute atomic E-state index is 13.5. The summed E-state index contributed by atoms with van der Waals surface area (Å²) in [7, 11) is 0. The largest absolute Gasteiger partial charge is 0.343 e. The minimum Gasteiger partial charge on any atom is -0.343 e. The van der Waals surface area contributed by atoms with Gasteiger partial charge in [-0.15, -0.1) is 0 Å². The average molecular weight is 433 g/mol. The van der Waals surface area contributed by atoms with Crippen molar-refractivity contribution >= 4 is 23.4 Å². The average Bonchev–Trinajstić information content (AvgIpc) is 3.06. The summed E-state index contributed by atoms with van der Waals surface area (Å²) in [5, 5.41) is 12.1. The predicted octanol–water partition coefficient (Wildman–Crippen LogP) is 3.38. The number of carbonyl (C=O) groups is 2. The van der Waals surface area contributed by atoms with Crippen molar-refractivity contribution in [3.05, 3.63) is 64.4 Å². The SMILES string of the molecule is CC(c1ccc(Cl)cc1)c1cnccc1C(=O)NCC(=O)N1CC(F)(F)CC1C#N. The number of nitriles is 1. The summed E-state index contributed by atoms with van der Waals surface area (Å²) in [4.78, 5) is 29.9. The topological polar surface area (TPSA) is 86.1 Å². The summed E-state index contributed by atoms with van der Waals surface area (Å²) in [6.45, 7) is 0.601. The molecule has 156 valence electrons. The lowest BCUT2D eigenvalue weighted by molar-refractivity contribution is -0.131. The number of nitrogens with one attached hydrogen (secondary N) is 1. The number of alkyl halides is 2. The molecule has 3 rings (SSSR count). The van der Waals surface area contributed by atoms with Crippen molar-refractivity contribution in [1.29, 1.82) is 5.26 Å². The Labute approximate surface area is 177 Å². The first-order valence-corrected chi connectivity index (χ1v) is 9.64. The van der Waals surface area contributed by atoms with Gasteiger partial charge in [-0.3, -0.25) is 14.6 Å². The quantitative estimate of drug-likeness (QED) is 0.784. The van der Waals surface area contributed by atoms with E-state index in [1.165, 1.54) is 12.3 Å². The van der Waals surface area contributed by atoms with Gasteiger partial charge < -0.3 is 10.2 Å². The van der Waals surface area contributed by atoms with Crippen molar-refractivity contribution in [2.24, 2.45) is 0 Å². The van der Waals surface area contributed by atoms with Crippen LogP contribution in [0.2, 0.25) is 5.02 Å². The summed E-state index contributed by atoms with van der Waals surface area (Å²) in [5.74, 6) is -4.53. The number of amides is 2. The molecule has 1 aliphatic rings. The Balaban J connectivity index is 1.71. The fraction of sp³-hybridized carbons (Fsp3) is 0.333. The van der Waals surface area contributed by atoms with Crippen LogP contribution in [-0.2, 0) is 4.79 Å². The van der Waals surface area contributed by atoms with E-state index < -0.39 is 43.3 Å². The lowest BCUT2D eigenvalue weighted by atomic mass is 9.91. The van der Waals surface area contributed by atoms with Crippen LogP contribution >= 0.6 is 11.6 Å². The standard InChI is InChI=1S/C21H19ClF2N4O2/c1-13(14-2-4-15(22)5-3-14)18-10-26-7-6-17(18)20(30)27-11-19(29)28-12-21(23,24)8-16(28)9-25/h2-7,10,13,16H,8,11-12H2,1H3,(H,27,30). The third kappa shape index (κ3) is 4.74. The van der Waals surface area contributed by atoms with Gasteiger partial charge in [0.1, 0.15) is 6.04 Å². The predicted molar refractivity (Wildman–Crippen MR) is 106 cm³/mol. The van der Waals surface area contributed by atoms with Crippen LogP contribution in [0.25, 0.3) is 0 Å². The molecule has 0 aliphatic carbocycles. The number of likely N-dealkylation sites (tertiary alicyclic amines) is 1. The molecule has 0 radical (unpaired) electrons. The monoisotopic (exact) mass is 432 g/mol. The highest BCUT2D eigenvalue weighted by Gasteiger charge is 2.47. The zero-order chi connectivity index (χ0) is 21.9. The highest BCUT2D eigenvalue weighted by atomic mass is 35.5. The Bertz CT molecular complexity index is 991. The molecule has 0 spiro atoms. The van der Waals surface area contributed by atoms with E-state index in [1.54, 1.807) is 24.4 Å². The number of benzene rings is 1. The Morgan fingerprint density at radius 2 is 2.07 bits per heavy atom. The summed E-state index contributed by atoms with van der Waals surface area (Å²) in [5.41, 5.74) is 1.89. The maximum Gasteiger partial charge on any atom is 0.268 e. The van der Waals surface area contributed by atoms with Crippen molar-refractivity contribution in [3.8, 4) is 6.07 Å². The van der Waals surface area contributed by atoms with Crippen molar-refractivity contribution < 1.29 is 18.4 Å². The van der Waals surface area contributed by atoms with Gasteiger partial charge in [0, 0.05) is 35.3 Å². The Kier molecular flexibility index (Phi) is 6.32. The normalized spacial score (nSPS) is 18.5. The first-order valence-electron chi connectivity index (χ1n) is 9.26. The minimum atomic E-state index is -3.10. The first-order chi connectivity index (χ1) is 14.2. The molecule has 9 heteroatoms. The lowest BCUT2D eigenvalue weighted by Gasteiger charge is -2.20. The van der Waals surface area contributed by atoms with E-state index >= 15 is 0 Å². The number of pyridine rings is 1. The molecular formula is C21H19ClF2N4O2. The van der Waals surface area contributed by atoms with Gasteiger partial charge in [-0.2, -0.15) is 5.26 Å². The second-order valence-electron chi connectivity index (χ2n) is 7.15. The van der Waals surface area contributed by atoms with Gasteiger partial charge in [-0.05, 0) is 29.3 Å². The first kappa shape index (κ1) is 21.7. The third-order valence-electron chi connectivity index (χ3n) is 5.07. The van der Waals surface area contributed by atoms with E-state index in [-0.39, 0.29) is 5.92 Å². The Hall–Kier alpha value is -3.05. The highest BCUT2D eigenvalue weighted by molar-refractivity contribution is 6.30. The molecule has 2 amide bonds. The molecule has 6 nitrogen and oxygen atoms in total. The molecule has 1 aliphatic heterocycles. The van der Waals surface area contributed by atoms with Gasteiger partial charge in [0.15, 0.2) is 0 Å². The molecule has 2 aromatic rings. The molecule has 30 heavy (non-hydrogen) atoms. The van der Waals surface area contributed by atoms with Crippen LogP contribution in [0.3, 0.4) is 0 Å². The second kappa shape index (κ2) is 8.76. The summed E-state index contributed by atoms with van der Waals surface area (Å²) < 4.78 is 27.1. The third-order valence-corrected chi connectivity index (χ3v) is 5.32. The van der Waals surface area contributed by atoms with Gasteiger partial charge in [-0.25, -0.2) is 8.78 Å². The molecule has 0 saturated carbocycles. The molecule has 1 fully saturated rings. The number of nitrogens with zero attached hydrogens (tertiary/aromatic N) is 3. The van der Waals surface area contributed by atoms with Gasteiger partial charge in [0.25, 0.3) is 11.8 Å². The van der Waals surface area contributed by atoms with Crippen LogP contribution in [0.4, 0.5) is 8.78 Å². The number of aromatic nitrogens is 1. The van der Waals surface area contributed by atoms with Crippen LogP contribution < -0.4 is 5.32 Å². The molecular weight excluding hydrogens is 414 g/mol. The molecule has 1 N–H and O–H groups in total. The summed E-state index contributed by atoms with van der Waals surface area (Å²) >= 11 is 5.93. The van der Waals surface area contributed by atoms with Crippen LogP contribution in [-0.4, -0.2) is 46.8 Å². The zero-order valence-corrected chi connectivity index (χ0v) is 16.9. The second-order valence-corrected chi connectivity index (χ2v) is 7.58. The minimum absolute atomic E-state index is 0.173. The van der Waals surface area contributed by atoms with Crippen molar-refractivity contribution in [2.75, 3.05) is 13.1 Å². The molecule has 1 aromatic heterocycles. The molecule has 2 atom stereocenters. The van der Waals surface area contributed by atoms with Crippen molar-refractivity contribution in [1.82, 2.24) is 15.2 Å². The lowest BCUT2D eigenvalue weighted by Crippen LogP contribution is -2.43. The van der Waals surface area contributed by atoms with Crippen LogP contribution in [0.5, 0.6) is 0 Å².